The average molecular weight is 342 g/mol. The Labute approximate surface area is 147 Å². The molecule has 0 aromatic heterocycles. The standard InChI is InChI=1S/C19H22N2O4/c1-4-24-18-11-14(9-10-17(18)25-13(2)3)12-20-21-16-8-6-5-7-15(16)19(22)23/h5-13,21H,4H2,1-3H3,(H,22,23)/b20-12-. The highest BCUT2D eigenvalue weighted by molar-refractivity contribution is 5.94. The molecule has 0 saturated heterocycles. The quantitative estimate of drug-likeness (QED) is 0.559. The number of nitrogens with zero attached hydrogens (tertiary/aromatic N) is 1. The van der Waals surface area contributed by atoms with E-state index >= 15 is 0 Å². The van der Waals surface area contributed by atoms with E-state index in [2.05, 4.69) is 10.5 Å². The summed E-state index contributed by atoms with van der Waals surface area (Å²) in [4.78, 5) is 11.2. The van der Waals surface area contributed by atoms with Crippen LogP contribution in [0.25, 0.3) is 0 Å². The van der Waals surface area contributed by atoms with E-state index in [1.165, 1.54) is 6.07 Å². The molecular weight excluding hydrogens is 320 g/mol. The Morgan fingerprint density at radius 1 is 1.24 bits per heavy atom. The van der Waals surface area contributed by atoms with Crippen LogP contribution in [-0.2, 0) is 0 Å². The third-order valence-corrected chi connectivity index (χ3v) is 3.19. The van der Waals surface area contributed by atoms with Gasteiger partial charge in [-0.1, -0.05) is 12.1 Å². The molecule has 0 atom stereocenters. The number of aromatic carboxylic acids is 1. The minimum atomic E-state index is -1.01. The second kappa shape index (κ2) is 8.73. The molecule has 2 rings (SSSR count). The van der Waals surface area contributed by atoms with E-state index in [-0.39, 0.29) is 11.7 Å². The zero-order valence-corrected chi connectivity index (χ0v) is 14.5. The van der Waals surface area contributed by atoms with Crippen LogP contribution in [-0.4, -0.2) is 30.0 Å². The Balaban J connectivity index is 2.16. The molecule has 0 amide bonds. The number of para-hydroxylation sites is 1. The van der Waals surface area contributed by atoms with Gasteiger partial charge >= 0.3 is 5.97 Å². The Bertz CT molecular complexity index is 757. The van der Waals surface area contributed by atoms with Gasteiger partial charge in [0.25, 0.3) is 0 Å². The number of nitrogens with one attached hydrogen (secondary N) is 1. The fourth-order valence-corrected chi connectivity index (χ4v) is 2.17. The van der Waals surface area contributed by atoms with E-state index in [1.807, 2.05) is 39.0 Å². The number of ether oxygens (including phenoxy) is 2. The van der Waals surface area contributed by atoms with Gasteiger partial charge in [-0.3, -0.25) is 5.43 Å². The number of anilines is 1. The van der Waals surface area contributed by atoms with Crippen molar-refractivity contribution in [3.8, 4) is 11.5 Å². The van der Waals surface area contributed by atoms with Crippen LogP contribution in [0, 0.1) is 0 Å². The molecule has 0 aliphatic rings. The first kappa shape index (κ1) is 18.3. The second-order valence-electron chi connectivity index (χ2n) is 5.53. The van der Waals surface area contributed by atoms with Gasteiger partial charge in [0, 0.05) is 0 Å². The lowest BCUT2D eigenvalue weighted by Crippen LogP contribution is -2.07. The molecule has 0 bridgehead atoms. The van der Waals surface area contributed by atoms with Crippen molar-refractivity contribution >= 4 is 17.9 Å². The summed E-state index contributed by atoms with van der Waals surface area (Å²) in [6, 6.07) is 12.1. The van der Waals surface area contributed by atoms with Crippen LogP contribution in [0.2, 0.25) is 0 Å². The molecule has 6 heteroatoms. The molecule has 0 aliphatic carbocycles. The first-order valence-corrected chi connectivity index (χ1v) is 8.06. The van der Waals surface area contributed by atoms with Gasteiger partial charge in [-0.25, -0.2) is 4.79 Å². The van der Waals surface area contributed by atoms with E-state index in [4.69, 9.17) is 14.6 Å². The normalized spacial score (nSPS) is 10.9. The highest BCUT2D eigenvalue weighted by Gasteiger charge is 2.09. The molecule has 25 heavy (non-hydrogen) atoms. The summed E-state index contributed by atoms with van der Waals surface area (Å²) in [7, 11) is 0. The minimum absolute atomic E-state index is 0.0490. The van der Waals surface area contributed by atoms with E-state index in [9.17, 15) is 4.79 Å². The molecule has 0 unspecified atom stereocenters. The van der Waals surface area contributed by atoms with Gasteiger partial charge in [0.05, 0.1) is 30.2 Å². The first-order chi connectivity index (χ1) is 12.0. The molecule has 0 heterocycles. The van der Waals surface area contributed by atoms with Crippen molar-refractivity contribution in [2.45, 2.75) is 26.9 Å². The van der Waals surface area contributed by atoms with Gasteiger partial charge in [-0.15, -0.1) is 0 Å². The minimum Gasteiger partial charge on any atom is -0.490 e. The summed E-state index contributed by atoms with van der Waals surface area (Å²) in [6.45, 7) is 6.34. The SMILES string of the molecule is CCOc1cc(/C=N\Nc2ccccc2C(=O)O)ccc1OC(C)C. The van der Waals surface area contributed by atoms with Crippen molar-refractivity contribution in [2.24, 2.45) is 5.10 Å². The summed E-state index contributed by atoms with van der Waals surface area (Å²) in [5, 5.41) is 13.3. The van der Waals surface area contributed by atoms with Crippen molar-refractivity contribution in [3.05, 3.63) is 53.6 Å². The molecule has 0 aliphatic heterocycles. The molecule has 0 radical (unpaired) electrons. The number of hydrazone groups is 1. The van der Waals surface area contributed by atoms with Crippen LogP contribution in [0.15, 0.2) is 47.6 Å². The predicted molar refractivity (Wildman–Crippen MR) is 98.0 cm³/mol. The van der Waals surface area contributed by atoms with E-state index in [0.717, 1.165) is 5.56 Å². The van der Waals surface area contributed by atoms with Gasteiger partial charge in [0.15, 0.2) is 11.5 Å². The Morgan fingerprint density at radius 3 is 2.68 bits per heavy atom. The average Bonchev–Trinajstić information content (AvgIpc) is 2.57. The Morgan fingerprint density at radius 2 is 2.00 bits per heavy atom. The molecule has 132 valence electrons. The largest absolute Gasteiger partial charge is 0.490 e. The van der Waals surface area contributed by atoms with E-state index in [0.29, 0.717) is 23.8 Å². The maximum absolute atomic E-state index is 11.2. The van der Waals surface area contributed by atoms with Crippen LogP contribution >= 0.6 is 0 Å². The van der Waals surface area contributed by atoms with E-state index in [1.54, 1.807) is 24.4 Å². The van der Waals surface area contributed by atoms with Gasteiger partial charge in [-0.2, -0.15) is 5.10 Å². The molecule has 0 spiro atoms. The monoisotopic (exact) mass is 342 g/mol. The zero-order valence-electron chi connectivity index (χ0n) is 14.5. The molecule has 2 N–H and O–H groups in total. The van der Waals surface area contributed by atoms with Gasteiger partial charge in [0.2, 0.25) is 0 Å². The maximum atomic E-state index is 11.2. The molecule has 6 nitrogen and oxygen atoms in total. The summed E-state index contributed by atoms with van der Waals surface area (Å²) < 4.78 is 11.3. The third-order valence-electron chi connectivity index (χ3n) is 3.19. The summed E-state index contributed by atoms with van der Waals surface area (Å²) >= 11 is 0. The smallest absolute Gasteiger partial charge is 0.337 e. The number of benzene rings is 2. The highest BCUT2D eigenvalue weighted by atomic mass is 16.5. The van der Waals surface area contributed by atoms with Crippen molar-refractivity contribution in [1.82, 2.24) is 0 Å². The molecular formula is C19H22N2O4. The van der Waals surface area contributed by atoms with Crippen LogP contribution in [0.1, 0.15) is 36.7 Å². The number of carbonyl (C=O) groups is 1. The number of hydrogen-bond acceptors (Lipinski definition) is 5. The third kappa shape index (κ3) is 5.24. The second-order valence-corrected chi connectivity index (χ2v) is 5.53. The van der Waals surface area contributed by atoms with E-state index < -0.39 is 5.97 Å². The number of carboxylic acid groups (broad SMARTS) is 1. The zero-order chi connectivity index (χ0) is 18.2. The van der Waals surface area contributed by atoms with Crippen molar-refractivity contribution in [3.63, 3.8) is 0 Å². The van der Waals surface area contributed by atoms with Gasteiger partial charge in [0.1, 0.15) is 0 Å². The van der Waals surface area contributed by atoms with Crippen molar-refractivity contribution in [2.75, 3.05) is 12.0 Å². The summed E-state index contributed by atoms with van der Waals surface area (Å²) in [6.07, 6.45) is 1.65. The van der Waals surface area contributed by atoms with Crippen LogP contribution < -0.4 is 14.9 Å². The topological polar surface area (TPSA) is 80.2 Å². The molecule has 0 saturated carbocycles. The lowest BCUT2D eigenvalue weighted by molar-refractivity contribution is 0.0698. The van der Waals surface area contributed by atoms with Crippen LogP contribution in [0.5, 0.6) is 11.5 Å². The van der Waals surface area contributed by atoms with Crippen LogP contribution in [0.3, 0.4) is 0 Å². The molecule has 2 aromatic rings. The lowest BCUT2D eigenvalue weighted by atomic mass is 10.2. The predicted octanol–water partition coefficient (Wildman–Crippen LogP) is 4.02. The Hall–Kier alpha value is -3.02. The molecule has 2 aromatic carbocycles. The van der Waals surface area contributed by atoms with Crippen molar-refractivity contribution < 1.29 is 19.4 Å². The maximum Gasteiger partial charge on any atom is 0.337 e. The highest BCUT2D eigenvalue weighted by Crippen LogP contribution is 2.29. The van der Waals surface area contributed by atoms with Gasteiger partial charge in [-0.05, 0) is 56.7 Å². The number of rotatable bonds is 8. The summed E-state index contributed by atoms with van der Waals surface area (Å²) in [5.74, 6) is 0.316. The first-order valence-electron chi connectivity index (χ1n) is 8.06. The van der Waals surface area contributed by atoms with Crippen LogP contribution in [0.4, 0.5) is 5.69 Å². The molecule has 0 fully saturated rings. The lowest BCUT2D eigenvalue weighted by Gasteiger charge is -2.14. The van der Waals surface area contributed by atoms with Gasteiger partial charge < -0.3 is 14.6 Å². The fourth-order valence-electron chi connectivity index (χ4n) is 2.17. The Kier molecular flexibility index (Phi) is 6.39. The number of hydrogen-bond donors (Lipinski definition) is 2. The number of carboxylic acids is 1. The van der Waals surface area contributed by atoms with Crippen molar-refractivity contribution in [1.29, 1.82) is 0 Å². The summed E-state index contributed by atoms with van der Waals surface area (Å²) in [5.41, 5.74) is 4.15. The fraction of sp³-hybridized carbons (Fsp3) is 0.263.